The van der Waals surface area contributed by atoms with E-state index in [9.17, 15) is 18.3 Å². The smallest absolute Gasteiger partial charge is 0.287 e. The molecule has 0 bridgehead atoms. The maximum absolute atomic E-state index is 12.7. The number of hydrogen-bond donors (Lipinski definition) is 3. The predicted molar refractivity (Wildman–Crippen MR) is 103 cm³/mol. The first-order chi connectivity index (χ1) is 12.7. The number of carbonyl (C=O) groups is 1. The first-order valence-electron chi connectivity index (χ1n) is 8.18. The van der Waals surface area contributed by atoms with Crippen LogP contribution in [0.2, 0.25) is 5.02 Å². The summed E-state index contributed by atoms with van der Waals surface area (Å²) in [5.41, 5.74) is 0. The molecule has 0 aliphatic heterocycles. The van der Waals surface area contributed by atoms with Gasteiger partial charge in [-0.25, -0.2) is 18.1 Å². The number of rotatable bonds is 5. The van der Waals surface area contributed by atoms with Crippen molar-refractivity contribution in [3.8, 4) is 5.75 Å². The van der Waals surface area contributed by atoms with Gasteiger partial charge in [0, 0.05) is 36.0 Å². The van der Waals surface area contributed by atoms with Crippen molar-refractivity contribution >= 4 is 43.5 Å². The molecule has 1 aliphatic carbocycles. The molecule has 1 amide bonds. The lowest BCUT2D eigenvalue weighted by Gasteiger charge is -2.17. The number of nitrogens with zero attached hydrogens (tertiary/aromatic N) is 2. The Morgan fingerprint density at radius 3 is 2.85 bits per heavy atom. The Morgan fingerprint density at radius 2 is 2.15 bits per heavy atom. The van der Waals surface area contributed by atoms with Crippen LogP contribution in [-0.4, -0.2) is 42.1 Å². The first kappa shape index (κ1) is 20.1. The van der Waals surface area contributed by atoms with E-state index in [-0.39, 0.29) is 27.9 Å². The van der Waals surface area contributed by atoms with Crippen molar-refractivity contribution in [1.29, 1.82) is 0 Å². The number of imidazole rings is 1. The number of aromatic nitrogens is 2. The molecule has 146 valence electrons. The van der Waals surface area contributed by atoms with Crippen molar-refractivity contribution in [2.45, 2.75) is 36.2 Å². The molecule has 11 heteroatoms. The molecule has 1 unspecified atom stereocenters. The Kier molecular flexibility index (Phi) is 5.80. The molecule has 2 aromatic rings. The van der Waals surface area contributed by atoms with E-state index in [2.05, 4.69) is 31.0 Å². The van der Waals surface area contributed by atoms with E-state index >= 15 is 0 Å². The van der Waals surface area contributed by atoms with Crippen LogP contribution in [0.5, 0.6) is 5.75 Å². The third-order valence-corrected chi connectivity index (χ3v) is 6.78. The molecular weight excluding hydrogens is 460 g/mol. The standard InChI is InChI=1S/C16H18BrClN4O4S/c1-19-16(24)15-20-4-5-22(15)11-3-2-10(8-11)21-27(25,26)13-7-9(17)6-12(18)14(13)23/h4-7,10-11,21,23H,2-3,8H2,1H3,(H,19,24)/t10-,11?/m1/s1. The maximum Gasteiger partial charge on any atom is 0.287 e. The van der Waals surface area contributed by atoms with Gasteiger partial charge in [-0.1, -0.05) is 27.5 Å². The Bertz CT molecular complexity index is 979. The Hall–Kier alpha value is -1.62. The van der Waals surface area contributed by atoms with Crippen LogP contribution in [-0.2, 0) is 10.0 Å². The van der Waals surface area contributed by atoms with E-state index in [1.54, 1.807) is 17.0 Å². The molecule has 0 radical (unpaired) electrons. The largest absolute Gasteiger partial charge is 0.505 e. The van der Waals surface area contributed by atoms with Crippen LogP contribution in [0, 0.1) is 0 Å². The van der Waals surface area contributed by atoms with E-state index in [0.717, 1.165) is 0 Å². The fraction of sp³-hybridized carbons (Fsp3) is 0.375. The number of benzene rings is 1. The van der Waals surface area contributed by atoms with E-state index in [1.165, 1.54) is 19.2 Å². The fourth-order valence-corrected chi connectivity index (χ4v) is 5.69. The summed E-state index contributed by atoms with van der Waals surface area (Å²) >= 11 is 9.05. The molecule has 3 rings (SSSR count). The summed E-state index contributed by atoms with van der Waals surface area (Å²) in [6.45, 7) is 0. The van der Waals surface area contributed by atoms with Crippen molar-refractivity contribution in [3.63, 3.8) is 0 Å². The Balaban J connectivity index is 1.77. The van der Waals surface area contributed by atoms with Crippen molar-refractivity contribution in [2.75, 3.05) is 7.05 Å². The highest BCUT2D eigenvalue weighted by molar-refractivity contribution is 9.10. The number of hydrogen-bond acceptors (Lipinski definition) is 5. The summed E-state index contributed by atoms with van der Waals surface area (Å²) in [6.07, 6.45) is 5.05. The summed E-state index contributed by atoms with van der Waals surface area (Å²) in [5, 5.41) is 12.5. The van der Waals surface area contributed by atoms with Gasteiger partial charge in [0.1, 0.15) is 4.90 Å². The van der Waals surface area contributed by atoms with Crippen molar-refractivity contribution in [2.24, 2.45) is 0 Å². The Morgan fingerprint density at radius 1 is 1.41 bits per heavy atom. The van der Waals surface area contributed by atoms with Gasteiger partial charge in [-0.2, -0.15) is 0 Å². The van der Waals surface area contributed by atoms with Crippen LogP contribution in [0.25, 0.3) is 0 Å². The zero-order chi connectivity index (χ0) is 19.8. The van der Waals surface area contributed by atoms with Gasteiger partial charge >= 0.3 is 0 Å². The number of nitrogens with one attached hydrogen (secondary N) is 2. The molecule has 1 saturated carbocycles. The second-order valence-electron chi connectivity index (χ2n) is 6.26. The third-order valence-electron chi connectivity index (χ3n) is 4.50. The molecule has 0 saturated heterocycles. The molecule has 8 nitrogen and oxygen atoms in total. The summed E-state index contributed by atoms with van der Waals surface area (Å²) in [7, 11) is -2.43. The topological polar surface area (TPSA) is 113 Å². The molecule has 1 aromatic heterocycles. The number of halogens is 2. The molecule has 3 N–H and O–H groups in total. The maximum atomic E-state index is 12.7. The molecule has 1 aromatic carbocycles. The van der Waals surface area contributed by atoms with E-state index < -0.39 is 15.8 Å². The van der Waals surface area contributed by atoms with E-state index in [1.807, 2.05) is 0 Å². The first-order valence-corrected chi connectivity index (χ1v) is 10.8. The zero-order valence-electron chi connectivity index (χ0n) is 14.3. The number of phenolic OH excluding ortho intramolecular Hbond substituents is 1. The number of carbonyl (C=O) groups excluding carboxylic acids is 1. The second-order valence-corrected chi connectivity index (χ2v) is 9.26. The minimum Gasteiger partial charge on any atom is -0.505 e. The van der Waals surface area contributed by atoms with Crippen molar-refractivity contribution in [1.82, 2.24) is 19.6 Å². The van der Waals surface area contributed by atoms with Crippen LogP contribution in [0.15, 0.2) is 33.9 Å². The molecular formula is C16H18BrClN4O4S. The van der Waals surface area contributed by atoms with Crippen molar-refractivity contribution in [3.05, 3.63) is 39.8 Å². The second kappa shape index (κ2) is 7.78. The average molecular weight is 478 g/mol. The molecule has 27 heavy (non-hydrogen) atoms. The molecule has 2 atom stereocenters. The van der Waals surface area contributed by atoms with Crippen LogP contribution in [0.1, 0.15) is 35.9 Å². The van der Waals surface area contributed by atoms with Crippen LogP contribution in [0.4, 0.5) is 0 Å². The normalized spacial score (nSPS) is 20.0. The van der Waals surface area contributed by atoms with Gasteiger partial charge in [0.2, 0.25) is 10.0 Å². The Labute approximate surface area is 170 Å². The lowest BCUT2D eigenvalue weighted by Crippen LogP contribution is -2.33. The SMILES string of the molecule is CNC(=O)c1nccn1C1CC[C@@H](NS(=O)(=O)c2cc(Br)cc(Cl)c2O)C1. The van der Waals surface area contributed by atoms with Crippen LogP contribution < -0.4 is 10.0 Å². The summed E-state index contributed by atoms with van der Waals surface area (Å²) in [5.74, 6) is -0.487. The van der Waals surface area contributed by atoms with Gasteiger partial charge < -0.3 is 15.0 Å². The molecule has 1 fully saturated rings. The van der Waals surface area contributed by atoms with Gasteiger partial charge in [0.25, 0.3) is 5.91 Å². The van der Waals surface area contributed by atoms with E-state index in [0.29, 0.717) is 29.6 Å². The summed E-state index contributed by atoms with van der Waals surface area (Å²) in [6, 6.07) is 2.33. The predicted octanol–water partition coefficient (Wildman–Crippen LogP) is 2.44. The molecule has 1 heterocycles. The van der Waals surface area contributed by atoms with Gasteiger partial charge in [-0.15, -0.1) is 0 Å². The quantitative estimate of drug-likeness (QED) is 0.612. The molecule has 0 spiro atoms. The summed E-state index contributed by atoms with van der Waals surface area (Å²) < 4.78 is 30.2. The van der Waals surface area contributed by atoms with Gasteiger partial charge in [0.15, 0.2) is 11.6 Å². The number of phenols is 1. The van der Waals surface area contributed by atoms with Gasteiger partial charge in [0.05, 0.1) is 5.02 Å². The van der Waals surface area contributed by atoms with E-state index in [4.69, 9.17) is 11.6 Å². The highest BCUT2D eigenvalue weighted by atomic mass is 79.9. The van der Waals surface area contributed by atoms with Gasteiger partial charge in [-0.3, -0.25) is 4.79 Å². The fourth-order valence-electron chi connectivity index (χ4n) is 3.24. The lowest BCUT2D eigenvalue weighted by molar-refractivity contribution is 0.0946. The summed E-state index contributed by atoms with van der Waals surface area (Å²) in [4.78, 5) is 15.7. The zero-order valence-corrected chi connectivity index (χ0v) is 17.5. The number of sulfonamides is 1. The lowest BCUT2D eigenvalue weighted by atomic mass is 10.2. The number of aromatic hydroxyl groups is 1. The highest BCUT2D eigenvalue weighted by Gasteiger charge is 2.32. The van der Waals surface area contributed by atoms with Crippen LogP contribution in [0.3, 0.4) is 0 Å². The minimum atomic E-state index is -3.96. The van der Waals surface area contributed by atoms with Crippen molar-refractivity contribution < 1.29 is 18.3 Å². The average Bonchev–Trinajstić information content (AvgIpc) is 3.25. The van der Waals surface area contributed by atoms with Gasteiger partial charge in [-0.05, 0) is 31.4 Å². The van der Waals surface area contributed by atoms with Crippen LogP contribution >= 0.6 is 27.5 Å². The third kappa shape index (κ3) is 4.13. The minimum absolute atomic E-state index is 0.0489. The highest BCUT2D eigenvalue weighted by Crippen LogP contribution is 2.36. The molecule has 1 aliphatic rings. The number of amides is 1. The monoisotopic (exact) mass is 476 g/mol.